The monoisotopic (exact) mass is 329 g/mol. The summed E-state index contributed by atoms with van der Waals surface area (Å²) in [5.41, 5.74) is 1.66. The first-order chi connectivity index (χ1) is 10.9. The lowest BCUT2D eigenvalue weighted by Gasteiger charge is -2.27. The van der Waals surface area contributed by atoms with E-state index in [-0.39, 0.29) is 28.8 Å². The number of hydrogen-bond donors (Lipinski definition) is 1. The van der Waals surface area contributed by atoms with E-state index in [9.17, 15) is 15.2 Å². The van der Waals surface area contributed by atoms with E-state index < -0.39 is 5.97 Å². The lowest BCUT2D eigenvalue weighted by Crippen LogP contribution is -2.17. The maximum absolute atomic E-state index is 11.8. The number of phenolic OH excluding ortho intramolecular Hbond substituents is 1. The van der Waals surface area contributed by atoms with Crippen LogP contribution in [0.15, 0.2) is 17.7 Å². The lowest BCUT2D eigenvalue weighted by molar-refractivity contribution is -0.137. The highest BCUT2D eigenvalue weighted by Gasteiger charge is 2.26. The molecule has 0 aliphatic rings. The fourth-order valence-corrected chi connectivity index (χ4v) is 2.40. The SMILES string of the molecule is CCOC(=O)/C(C#N)=C/c1cc(C(C)(C)C)c(O)c(C(C)(C)C)c1. The topological polar surface area (TPSA) is 70.3 Å². The number of benzene rings is 1. The van der Waals surface area contributed by atoms with Gasteiger partial charge in [0.1, 0.15) is 17.4 Å². The summed E-state index contributed by atoms with van der Waals surface area (Å²) in [6, 6.07) is 5.53. The first-order valence-electron chi connectivity index (χ1n) is 8.08. The molecule has 0 spiro atoms. The van der Waals surface area contributed by atoms with Crippen molar-refractivity contribution in [1.29, 1.82) is 5.26 Å². The fraction of sp³-hybridized carbons (Fsp3) is 0.500. The molecular weight excluding hydrogens is 302 g/mol. The van der Waals surface area contributed by atoms with E-state index in [1.54, 1.807) is 6.92 Å². The van der Waals surface area contributed by atoms with Crippen LogP contribution in [0, 0.1) is 11.3 Å². The van der Waals surface area contributed by atoms with E-state index in [0.29, 0.717) is 5.56 Å². The number of nitrogens with zero attached hydrogens (tertiary/aromatic N) is 1. The van der Waals surface area contributed by atoms with Crippen LogP contribution in [0.4, 0.5) is 0 Å². The van der Waals surface area contributed by atoms with E-state index in [2.05, 4.69) is 0 Å². The molecule has 1 aromatic carbocycles. The number of rotatable bonds is 3. The van der Waals surface area contributed by atoms with Gasteiger partial charge in [-0.2, -0.15) is 5.26 Å². The van der Waals surface area contributed by atoms with Crippen molar-refractivity contribution in [1.82, 2.24) is 0 Å². The molecule has 0 aromatic heterocycles. The summed E-state index contributed by atoms with van der Waals surface area (Å²) in [6.07, 6.45) is 1.52. The fourth-order valence-electron chi connectivity index (χ4n) is 2.40. The Labute approximate surface area is 144 Å². The van der Waals surface area contributed by atoms with Crippen molar-refractivity contribution in [2.45, 2.75) is 59.3 Å². The second-order valence-electron chi connectivity index (χ2n) is 7.85. The van der Waals surface area contributed by atoms with Gasteiger partial charge < -0.3 is 9.84 Å². The van der Waals surface area contributed by atoms with Gasteiger partial charge in [0.2, 0.25) is 0 Å². The zero-order chi connectivity index (χ0) is 18.7. The van der Waals surface area contributed by atoms with Crippen LogP contribution in [0.2, 0.25) is 0 Å². The molecule has 0 saturated carbocycles. The Hall–Kier alpha value is -2.28. The van der Waals surface area contributed by atoms with Gasteiger partial charge in [-0.1, -0.05) is 41.5 Å². The van der Waals surface area contributed by atoms with Crippen molar-refractivity contribution in [2.75, 3.05) is 6.61 Å². The number of hydrogen-bond acceptors (Lipinski definition) is 4. The van der Waals surface area contributed by atoms with Gasteiger partial charge in [-0.15, -0.1) is 0 Å². The number of ether oxygens (including phenoxy) is 1. The van der Waals surface area contributed by atoms with E-state index >= 15 is 0 Å². The van der Waals surface area contributed by atoms with Crippen LogP contribution in [0.25, 0.3) is 6.08 Å². The summed E-state index contributed by atoms with van der Waals surface area (Å²) in [4.78, 5) is 11.8. The molecule has 4 nitrogen and oxygen atoms in total. The highest BCUT2D eigenvalue weighted by Crippen LogP contribution is 2.40. The Bertz CT molecular complexity index is 660. The summed E-state index contributed by atoms with van der Waals surface area (Å²) in [6.45, 7) is 14.0. The van der Waals surface area contributed by atoms with Crippen LogP contribution in [0.1, 0.15) is 65.2 Å². The molecule has 4 heteroatoms. The minimum absolute atomic E-state index is 0.0535. The van der Waals surface area contributed by atoms with Gasteiger partial charge >= 0.3 is 5.97 Å². The van der Waals surface area contributed by atoms with E-state index in [4.69, 9.17) is 4.74 Å². The van der Waals surface area contributed by atoms with E-state index in [0.717, 1.165) is 11.1 Å². The lowest BCUT2D eigenvalue weighted by atomic mass is 9.78. The minimum Gasteiger partial charge on any atom is -0.507 e. The molecule has 0 atom stereocenters. The van der Waals surface area contributed by atoms with Crippen molar-refractivity contribution >= 4 is 12.0 Å². The molecule has 0 amide bonds. The van der Waals surface area contributed by atoms with Crippen molar-refractivity contribution in [3.8, 4) is 11.8 Å². The molecular formula is C20H27NO3. The van der Waals surface area contributed by atoms with Gasteiger partial charge in [-0.25, -0.2) is 4.79 Å². The molecule has 0 heterocycles. The van der Waals surface area contributed by atoms with Gasteiger partial charge in [0, 0.05) is 11.1 Å². The molecule has 0 bridgehead atoms. The number of phenols is 1. The summed E-state index contributed by atoms with van der Waals surface area (Å²) >= 11 is 0. The third-order valence-corrected chi connectivity index (χ3v) is 3.68. The Balaban J connectivity index is 3.61. The third kappa shape index (κ3) is 4.61. The van der Waals surface area contributed by atoms with Crippen LogP contribution in [0.3, 0.4) is 0 Å². The second kappa shape index (κ2) is 7.09. The normalized spacial score (nSPS) is 12.7. The summed E-state index contributed by atoms with van der Waals surface area (Å²) in [7, 11) is 0. The van der Waals surface area contributed by atoms with Crippen molar-refractivity contribution in [3.63, 3.8) is 0 Å². The number of carbonyl (C=O) groups excluding carboxylic acids is 1. The molecule has 0 radical (unpaired) electrons. The molecule has 1 N–H and O–H groups in total. The summed E-state index contributed by atoms with van der Waals surface area (Å²) in [5, 5.41) is 19.9. The Morgan fingerprint density at radius 2 is 1.62 bits per heavy atom. The molecule has 24 heavy (non-hydrogen) atoms. The summed E-state index contributed by atoms with van der Waals surface area (Å²) in [5.74, 6) is -0.371. The number of carbonyl (C=O) groups is 1. The quantitative estimate of drug-likeness (QED) is 0.505. The minimum atomic E-state index is -0.636. The van der Waals surface area contributed by atoms with Crippen LogP contribution in [-0.4, -0.2) is 17.7 Å². The molecule has 1 aromatic rings. The second-order valence-corrected chi connectivity index (χ2v) is 7.85. The maximum atomic E-state index is 11.8. The number of esters is 1. The zero-order valence-electron chi connectivity index (χ0n) is 15.7. The van der Waals surface area contributed by atoms with Crippen LogP contribution >= 0.6 is 0 Å². The predicted molar refractivity (Wildman–Crippen MR) is 95.7 cm³/mol. The first-order valence-corrected chi connectivity index (χ1v) is 8.08. The highest BCUT2D eigenvalue weighted by atomic mass is 16.5. The average molecular weight is 329 g/mol. The van der Waals surface area contributed by atoms with Crippen molar-refractivity contribution in [3.05, 3.63) is 34.4 Å². The molecule has 0 saturated heterocycles. The zero-order valence-corrected chi connectivity index (χ0v) is 15.7. The largest absolute Gasteiger partial charge is 0.507 e. The number of aromatic hydroxyl groups is 1. The highest BCUT2D eigenvalue weighted by molar-refractivity contribution is 5.98. The molecule has 1 rings (SSSR count). The Kier molecular flexibility index (Phi) is 5.84. The molecule has 0 fully saturated rings. The van der Waals surface area contributed by atoms with Gasteiger partial charge in [-0.3, -0.25) is 0 Å². The van der Waals surface area contributed by atoms with Crippen LogP contribution in [-0.2, 0) is 20.4 Å². The van der Waals surface area contributed by atoms with Gasteiger partial charge in [0.25, 0.3) is 0 Å². The standard InChI is InChI=1S/C20H27NO3/c1-8-24-18(23)14(12-21)9-13-10-15(19(2,3)4)17(22)16(11-13)20(5,6)7/h9-11,22H,8H2,1-7H3/b14-9+. The van der Waals surface area contributed by atoms with Gasteiger partial charge in [0.15, 0.2) is 0 Å². The van der Waals surface area contributed by atoms with Crippen LogP contribution < -0.4 is 0 Å². The molecule has 130 valence electrons. The summed E-state index contributed by atoms with van der Waals surface area (Å²) < 4.78 is 4.91. The van der Waals surface area contributed by atoms with E-state index in [1.165, 1.54) is 6.08 Å². The van der Waals surface area contributed by atoms with Gasteiger partial charge in [0.05, 0.1) is 6.61 Å². The number of nitriles is 1. The maximum Gasteiger partial charge on any atom is 0.348 e. The smallest absolute Gasteiger partial charge is 0.348 e. The predicted octanol–water partition coefficient (Wildman–Crippen LogP) is 4.46. The first kappa shape index (κ1) is 19.8. The third-order valence-electron chi connectivity index (χ3n) is 3.68. The van der Waals surface area contributed by atoms with Crippen molar-refractivity contribution < 1.29 is 14.6 Å². The molecule has 0 unspecified atom stereocenters. The van der Waals surface area contributed by atoms with Gasteiger partial charge in [-0.05, 0) is 41.5 Å². The van der Waals surface area contributed by atoms with Crippen molar-refractivity contribution in [2.24, 2.45) is 0 Å². The van der Waals surface area contributed by atoms with E-state index in [1.807, 2.05) is 59.7 Å². The average Bonchev–Trinajstić information content (AvgIpc) is 2.43. The molecule has 0 aliphatic carbocycles. The Morgan fingerprint density at radius 3 is 1.96 bits per heavy atom. The molecule has 0 aliphatic heterocycles. The van der Waals surface area contributed by atoms with Crippen LogP contribution in [0.5, 0.6) is 5.75 Å². The Morgan fingerprint density at radius 1 is 1.17 bits per heavy atom.